The van der Waals surface area contributed by atoms with E-state index in [9.17, 15) is 9.46 Å². The maximum absolute atomic E-state index is 12.2. The van der Waals surface area contributed by atoms with Crippen LogP contribution in [0.2, 0.25) is 0 Å². The minimum absolute atomic E-state index is 0. The van der Waals surface area contributed by atoms with E-state index >= 15 is 0 Å². The molecule has 7 nitrogen and oxygen atoms in total. The fraction of sp³-hybridized carbons (Fsp3) is 0.941. The van der Waals surface area contributed by atoms with E-state index in [2.05, 4.69) is 40.7 Å². The topological polar surface area (TPSA) is 95.0 Å². The number of phosphoric ester groups is 1. The molecule has 0 heterocycles. The van der Waals surface area contributed by atoms with Gasteiger partial charge in [0.2, 0.25) is 0 Å². The molecule has 4 aliphatic rings. The summed E-state index contributed by atoms with van der Waals surface area (Å²) in [5.41, 5.74) is 2.46. The van der Waals surface area contributed by atoms with Crippen molar-refractivity contribution in [2.45, 2.75) is 111 Å². The third kappa shape index (κ3) is 8.50. The lowest BCUT2D eigenvalue weighted by Gasteiger charge is -2.58. The second-order valence-electron chi connectivity index (χ2n) is 16.2. The molecule has 0 bridgehead atoms. The van der Waals surface area contributed by atoms with Crippen molar-refractivity contribution in [3.8, 4) is 0 Å². The van der Waals surface area contributed by atoms with Gasteiger partial charge in [-0.2, -0.15) is 0 Å². The summed E-state index contributed by atoms with van der Waals surface area (Å²) in [7, 11) is 2.02. The van der Waals surface area contributed by atoms with Crippen LogP contribution in [0.15, 0.2) is 11.6 Å². The summed E-state index contributed by atoms with van der Waals surface area (Å²) in [6, 6.07) is 0. The molecule has 3 fully saturated rings. The van der Waals surface area contributed by atoms with Gasteiger partial charge in [-0.15, -0.1) is 0 Å². The number of nitrogens with zero attached hydrogens (tertiary/aromatic N) is 1. The average Bonchev–Trinajstić information content (AvgIpc) is 3.23. The number of rotatable bonds is 14. The van der Waals surface area contributed by atoms with Gasteiger partial charge in [0.15, 0.2) is 0 Å². The van der Waals surface area contributed by atoms with E-state index in [1.807, 2.05) is 21.1 Å². The lowest BCUT2D eigenvalue weighted by Crippen LogP contribution is -2.51. The van der Waals surface area contributed by atoms with Gasteiger partial charge in [0.25, 0.3) is 0 Å². The Balaban J connectivity index is 0.00000484. The van der Waals surface area contributed by atoms with Crippen molar-refractivity contribution < 1.29 is 33.2 Å². The quantitative estimate of drug-likeness (QED) is 0.0921. The Hall–Kier alpha value is -0.270. The molecule has 0 aromatic rings. The van der Waals surface area contributed by atoms with Crippen molar-refractivity contribution in [2.24, 2.45) is 46.3 Å². The monoisotopic (exact) mass is 613 g/mol. The number of ether oxygens (including phenoxy) is 1. The highest BCUT2D eigenvalue weighted by molar-refractivity contribution is 7.47. The number of likely N-dealkylation sites (N-methyl/N-ethyl adjacent to an activating group) is 1. The summed E-state index contributed by atoms with van der Waals surface area (Å²) >= 11 is 0. The lowest BCUT2D eigenvalue weighted by molar-refractivity contribution is -0.870. The van der Waals surface area contributed by atoms with E-state index < -0.39 is 7.82 Å². The molecule has 1 unspecified atom stereocenters. The molecule has 8 heteroatoms. The Morgan fingerprint density at radius 1 is 0.976 bits per heavy atom. The number of hydrogen-bond acceptors (Lipinski definition) is 5. The second-order valence-corrected chi connectivity index (χ2v) is 17.6. The largest absolute Gasteiger partial charge is 0.870 e. The van der Waals surface area contributed by atoms with Crippen LogP contribution in [0.5, 0.6) is 0 Å². The van der Waals surface area contributed by atoms with Crippen LogP contribution < -0.4 is 0 Å². The Morgan fingerprint density at radius 2 is 1.69 bits per heavy atom. The molecule has 2 N–H and O–H groups in total. The summed E-state index contributed by atoms with van der Waals surface area (Å²) in [6.07, 6.45) is 17.1. The van der Waals surface area contributed by atoms with E-state index in [4.69, 9.17) is 13.8 Å². The molecule has 4 rings (SSSR count). The van der Waals surface area contributed by atoms with Gasteiger partial charge in [0.05, 0.1) is 40.5 Å². The Morgan fingerprint density at radius 3 is 2.38 bits per heavy atom. The van der Waals surface area contributed by atoms with Gasteiger partial charge in [-0.05, 0) is 97.7 Å². The van der Waals surface area contributed by atoms with Crippen LogP contribution in [0.3, 0.4) is 0 Å². The first-order valence-electron chi connectivity index (χ1n) is 16.9. The van der Waals surface area contributed by atoms with E-state index in [0.717, 1.165) is 48.3 Å². The summed E-state index contributed by atoms with van der Waals surface area (Å²) < 4.78 is 29.3. The zero-order valence-corrected chi connectivity index (χ0v) is 29.0. The van der Waals surface area contributed by atoms with Gasteiger partial charge in [-0.1, -0.05) is 65.5 Å². The maximum Gasteiger partial charge on any atom is 0.472 e. The minimum Gasteiger partial charge on any atom is -0.870 e. The molecule has 9 atom stereocenters. The van der Waals surface area contributed by atoms with Gasteiger partial charge in [0.1, 0.15) is 13.2 Å². The number of phosphoric acid groups is 1. The molecule has 0 amide bonds. The molecule has 42 heavy (non-hydrogen) atoms. The maximum atomic E-state index is 12.2. The van der Waals surface area contributed by atoms with E-state index in [0.29, 0.717) is 28.5 Å². The van der Waals surface area contributed by atoms with E-state index in [1.54, 1.807) is 5.57 Å². The van der Waals surface area contributed by atoms with Crippen molar-refractivity contribution in [1.29, 1.82) is 0 Å². The molecule has 4 aliphatic carbocycles. The molecule has 0 spiro atoms. The first-order chi connectivity index (χ1) is 19.1. The van der Waals surface area contributed by atoms with Crippen molar-refractivity contribution >= 4 is 7.82 Å². The van der Waals surface area contributed by atoms with Crippen molar-refractivity contribution in [3.63, 3.8) is 0 Å². The van der Waals surface area contributed by atoms with Crippen LogP contribution in [-0.2, 0) is 18.3 Å². The molecule has 0 saturated heterocycles. The van der Waals surface area contributed by atoms with Crippen molar-refractivity contribution in [2.75, 3.05) is 47.5 Å². The van der Waals surface area contributed by atoms with Crippen LogP contribution >= 0.6 is 7.82 Å². The molecule has 0 aromatic heterocycles. The molecule has 3 saturated carbocycles. The van der Waals surface area contributed by atoms with Crippen LogP contribution in [0.25, 0.3) is 0 Å². The van der Waals surface area contributed by atoms with Gasteiger partial charge in [-0.25, -0.2) is 4.57 Å². The van der Waals surface area contributed by atoms with E-state index in [1.165, 1.54) is 57.8 Å². The fourth-order valence-corrected chi connectivity index (χ4v) is 10.3. The molecule has 0 aromatic carbocycles. The summed E-state index contributed by atoms with van der Waals surface area (Å²) in [4.78, 5) is 9.97. The van der Waals surface area contributed by atoms with E-state index in [-0.39, 0.29) is 24.8 Å². The number of allylic oxidation sites excluding steroid dienone is 1. The lowest BCUT2D eigenvalue weighted by atomic mass is 9.47. The van der Waals surface area contributed by atoms with Crippen LogP contribution in [0.1, 0.15) is 105 Å². The smallest absolute Gasteiger partial charge is 0.472 e. The third-order valence-corrected chi connectivity index (χ3v) is 13.0. The van der Waals surface area contributed by atoms with Gasteiger partial charge < -0.3 is 19.6 Å². The highest BCUT2D eigenvalue weighted by Gasteiger charge is 2.59. The minimum atomic E-state index is -4.04. The van der Waals surface area contributed by atoms with Crippen LogP contribution in [0.4, 0.5) is 0 Å². The molecular weight excluding hydrogens is 549 g/mol. The molecule has 0 aliphatic heterocycles. The zero-order valence-electron chi connectivity index (χ0n) is 28.1. The van der Waals surface area contributed by atoms with Crippen molar-refractivity contribution in [1.82, 2.24) is 0 Å². The molecular formula is C34H64NO6P. The van der Waals surface area contributed by atoms with Gasteiger partial charge in [-0.3, -0.25) is 9.05 Å². The SMILES string of the molecule is CC(C)CCC[C@@H](C)[C@H]1CC[C@H]2[C@@H]3CC=C4C[C@@H](OCCOP(=O)(O)OCC[N+](C)(C)C)CC[C@]4(C)[C@H]3CC[C@]12C.[OH-]. The Labute approximate surface area is 257 Å². The molecule has 0 radical (unpaired) electrons. The standard InChI is InChI=1S/C34H62NO5P.H2O/c1-25(2)10-9-11-26(3)30-14-15-31-29-13-12-27-24-28(16-18-33(27,4)32(29)17-19-34(30,31)5)38-22-23-40-41(36,37)39-21-20-35(6,7)8;/h12,25-26,28-32H,9-11,13-24H2,1-8H3;1H2/t26-,28+,29+,30-,31+,32+,33+,34-;/m1./s1. The number of fused-ring (bicyclic) bond motifs is 5. The first kappa shape index (κ1) is 36.2. The van der Waals surface area contributed by atoms with Crippen LogP contribution in [-0.4, -0.2) is 68.5 Å². The Bertz CT molecular complexity index is 949. The number of quaternary nitrogens is 1. The van der Waals surface area contributed by atoms with Crippen molar-refractivity contribution in [3.05, 3.63) is 11.6 Å². The second kappa shape index (κ2) is 14.4. The summed E-state index contributed by atoms with van der Waals surface area (Å²) in [5, 5.41) is 0. The highest BCUT2D eigenvalue weighted by Crippen LogP contribution is 2.67. The zero-order chi connectivity index (χ0) is 30.1. The predicted molar refractivity (Wildman–Crippen MR) is 169 cm³/mol. The first-order valence-corrected chi connectivity index (χ1v) is 18.4. The number of hydrogen-bond donors (Lipinski definition) is 1. The summed E-state index contributed by atoms with van der Waals surface area (Å²) in [5.74, 6) is 5.13. The highest BCUT2D eigenvalue weighted by atomic mass is 31.2. The molecule has 246 valence electrons. The Kier molecular flexibility index (Phi) is 12.4. The predicted octanol–water partition coefficient (Wildman–Crippen LogP) is 8.08. The summed E-state index contributed by atoms with van der Waals surface area (Å²) in [6.45, 7) is 13.8. The third-order valence-electron chi connectivity index (χ3n) is 12.0. The van der Waals surface area contributed by atoms with Gasteiger partial charge in [0, 0.05) is 0 Å². The normalized spacial score (nSPS) is 36.7. The average molecular weight is 614 g/mol. The van der Waals surface area contributed by atoms with Crippen LogP contribution in [0, 0.1) is 46.3 Å². The fourth-order valence-electron chi connectivity index (χ4n) is 9.63. The van der Waals surface area contributed by atoms with Gasteiger partial charge >= 0.3 is 7.82 Å².